The molecule has 108 valence electrons. The number of benzene rings is 1. The largest absolute Gasteiger partial charge is 0.481 e. The van der Waals surface area contributed by atoms with Crippen molar-refractivity contribution in [3.63, 3.8) is 0 Å². The number of thiazole rings is 1. The molecule has 2 aromatic rings. The lowest BCUT2D eigenvalue weighted by Gasteiger charge is -2.00. The van der Waals surface area contributed by atoms with Crippen LogP contribution >= 0.6 is 11.3 Å². The molecule has 4 N–H and O–H groups in total. The molecule has 1 aromatic carbocycles. The van der Waals surface area contributed by atoms with E-state index in [1.807, 2.05) is 17.5 Å². The van der Waals surface area contributed by atoms with Crippen LogP contribution < -0.4 is 5.73 Å². The summed E-state index contributed by atoms with van der Waals surface area (Å²) < 4.78 is 0. The van der Waals surface area contributed by atoms with E-state index in [-0.39, 0.29) is 6.61 Å². The Morgan fingerprint density at radius 2 is 1.95 bits per heavy atom. The SMILES string of the molecule is CC(=O)O.NCCc1ccc(-c2nc(CO)cs2)cc1. The predicted molar refractivity (Wildman–Crippen MR) is 79.5 cm³/mol. The molecule has 0 aliphatic rings. The van der Waals surface area contributed by atoms with Crippen LogP contribution in [-0.2, 0) is 17.8 Å². The number of hydrogen-bond donors (Lipinski definition) is 3. The number of aliphatic carboxylic acids is 1. The number of hydrogen-bond acceptors (Lipinski definition) is 5. The maximum atomic E-state index is 9.00. The zero-order chi connectivity index (χ0) is 15.0. The van der Waals surface area contributed by atoms with Crippen molar-refractivity contribution in [3.05, 3.63) is 40.9 Å². The van der Waals surface area contributed by atoms with Crippen LogP contribution in [0.3, 0.4) is 0 Å². The van der Waals surface area contributed by atoms with Crippen molar-refractivity contribution in [3.8, 4) is 10.6 Å². The van der Waals surface area contributed by atoms with Gasteiger partial charge in [0.05, 0.1) is 12.3 Å². The lowest BCUT2D eigenvalue weighted by molar-refractivity contribution is -0.134. The van der Waals surface area contributed by atoms with Crippen LogP contribution in [0.1, 0.15) is 18.2 Å². The van der Waals surface area contributed by atoms with E-state index in [1.54, 1.807) is 11.3 Å². The van der Waals surface area contributed by atoms with Gasteiger partial charge >= 0.3 is 0 Å². The van der Waals surface area contributed by atoms with E-state index in [1.165, 1.54) is 5.56 Å². The number of nitrogens with two attached hydrogens (primary N) is 1. The summed E-state index contributed by atoms with van der Waals surface area (Å²) in [5.74, 6) is -0.833. The molecule has 0 fully saturated rings. The summed E-state index contributed by atoms with van der Waals surface area (Å²) in [6.45, 7) is 1.76. The van der Waals surface area contributed by atoms with Gasteiger partial charge in [-0.25, -0.2) is 4.98 Å². The van der Waals surface area contributed by atoms with Gasteiger partial charge in [0.1, 0.15) is 5.01 Å². The molecule has 0 spiro atoms. The molecule has 0 bridgehead atoms. The molecule has 1 aromatic heterocycles. The van der Waals surface area contributed by atoms with Gasteiger partial charge in [-0.05, 0) is 18.5 Å². The van der Waals surface area contributed by atoms with Crippen molar-refractivity contribution in [2.24, 2.45) is 5.73 Å². The predicted octanol–water partition coefficient (Wildman–Crippen LogP) is 1.89. The molecule has 20 heavy (non-hydrogen) atoms. The van der Waals surface area contributed by atoms with E-state index in [0.29, 0.717) is 6.54 Å². The molecule has 0 saturated heterocycles. The summed E-state index contributed by atoms with van der Waals surface area (Å²) in [7, 11) is 0. The van der Waals surface area contributed by atoms with Crippen LogP contribution in [0.5, 0.6) is 0 Å². The van der Waals surface area contributed by atoms with Gasteiger partial charge in [0.2, 0.25) is 0 Å². The number of aromatic nitrogens is 1. The second kappa shape index (κ2) is 8.42. The highest BCUT2D eigenvalue weighted by molar-refractivity contribution is 7.13. The summed E-state index contributed by atoms with van der Waals surface area (Å²) in [5, 5.41) is 19.2. The van der Waals surface area contributed by atoms with Gasteiger partial charge in [0.15, 0.2) is 0 Å². The Bertz CT molecular complexity index is 534. The Kier molecular flexibility index (Phi) is 6.86. The summed E-state index contributed by atoms with van der Waals surface area (Å²) in [6, 6.07) is 8.24. The molecule has 6 heteroatoms. The smallest absolute Gasteiger partial charge is 0.300 e. The van der Waals surface area contributed by atoms with Crippen molar-refractivity contribution in [1.82, 2.24) is 4.98 Å². The minimum Gasteiger partial charge on any atom is -0.481 e. The fraction of sp³-hybridized carbons (Fsp3) is 0.286. The number of carboxylic acids is 1. The molecule has 0 atom stereocenters. The van der Waals surface area contributed by atoms with Crippen LogP contribution in [0.2, 0.25) is 0 Å². The Hall–Kier alpha value is -1.76. The third-order valence-electron chi connectivity index (χ3n) is 2.35. The third-order valence-corrected chi connectivity index (χ3v) is 3.29. The van der Waals surface area contributed by atoms with Crippen LogP contribution in [-0.4, -0.2) is 27.7 Å². The van der Waals surface area contributed by atoms with E-state index < -0.39 is 5.97 Å². The summed E-state index contributed by atoms with van der Waals surface area (Å²) >= 11 is 1.55. The standard InChI is InChI=1S/C12H14N2OS.C2H4O2/c13-6-5-9-1-3-10(4-2-9)12-14-11(7-15)8-16-12;1-2(3)4/h1-4,8,15H,5-7,13H2;1H3,(H,3,4). The van der Waals surface area contributed by atoms with E-state index in [9.17, 15) is 0 Å². The second-order valence-corrected chi connectivity index (χ2v) is 4.91. The van der Waals surface area contributed by atoms with E-state index in [0.717, 1.165) is 29.6 Å². The van der Waals surface area contributed by atoms with Crippen molar-refractivity contribution in [1.29, 1.82) is 0 Å². The van der Waals surface area contributed by atoms with Crippen molar-refractivity contribution in [2.45, 2.75) is 20.0 Å². The van der Waals surface area contributed by atoms with Gasteiger partial charge in [0.25, 0.3) is 5.97 Å². The zero-order valence-electron chi connectivity index (χ0n) is 11.2. The quantitative estimate of drug-likeness (QED) is 0.800. The average Bonchev–Trinajstić information content (AvgIpc) is 2.88. The number of aliphatic hydroxyl groups is 1. The normalized spacial score (nSPS) is 9.75. The molecule has 0 aliphatic heterocycles. The molecule has 0 radical (unpaired) electrons. The van der Waals surface area contributed by atoms with Crippen molar-refractivity contribution < 1.29 is 15.0 Å². The first-order chi connectivity index (χ1) is 9.56. The van der Waals surface area contributed by atoms with E-state index in [4.69, 9.17) is 20.7 Å². The molecular formula is C14H18N2O3S. The first-order valence-corrected chi connectivity index (χ1v) is 6.99. The van der Waals surface area contributed by atoms with Gasteiger partial charge in [-0.2, -0.15) is 0 Å². The van der Waals surface area contributed by atoms with Gasteiger partial charge < -0.3 is 15.9 Å². The minimum atomic E-state index is -0.833. The van der Waals surface area contributed by atoms with Gasteiger partial charge in [-0.15, -0.1) is 11.3 Å². The van der Waals surface area contributed by atoms with Crippen LogP contribution in [0.15, 0.2) is 29.6 Å². The van der Waals surface area contributed by atoms with Crippen molar-refractivity contribution in [2.75, 3.05) is 6.54 Å². The molecule has 5 nitrogen and oxygen atoms in total. The highest BCUT2D eigenvalue weighted by Gasteiger charge is 2.03. The first kappa shape index (κ1) is 16.3. The molecule has 1 heterocycles. The van der Waals surface area contributed by atoms with Gasteiger partial charge in [-0.3, -0.25) is 4.79 Å². The molecular weight excluding hydrogens is 276 g/mol. The van der Waals surface area contributed by atoms with Crippen LogP contribution in [0.4, 0.5) is 0 Å². The van der Waals surface area contributed by atoms with E-state index >= 15 is 0 Å². The zero-order valence-corrected chi connectivity index (χ0v) is 12.1. The highest BCUT2D eigenvalue weighted by Crippen LogP contribution is 2.24. The van der Waals surface area contributed by atoms with Gasteiger partial charge in [-0.1, -0.05) is 24.3 Å². The highest BCUT2D eigenvalue weighted by atomic mass is 32.1. The molecule has 0 aliphatic carbocycles. The monoisotopic (exact) mass is 294 g/mol. The maximum absolute atomic E-state index is 9.00. The Balaban J connectivity index is 0.000000444. The molecule has 0 saturated carbocycles. The Labute approximate surface area is 121 Å². The minimum absolute atomic E-state index is 0.00174. The topological polar surface area (TPSA) is 96.4 Å². The van der Waals surface area contributed by atoms with Crippen molar-refractivity contribution >= 4 is 17.3 Å². The van der Waals surface area contributed by atoms with E-state index in [2.05, 4.69) is 17.1 Å². The number of aliphatic hydroxyl groups excluding tert-OH is 1. The lowest BCUT2D eigenvalue weighted by atomic mass is 10.1. The number of rotatable bonds is 4. The third kappa shape index (κ3) is 5.48. The summed E-state index contributed by atoms with van der Waals surface area (Å²) in [6.07, 6.45) is 0.903. The van der Waals surface area contributed by atoms with Crippen LogP contribution in [0, 0.1) is 0 Å². The Morgan fingerprint density at radius 3 is 2.40 bits per heavy atom. The summed E-state index contributed by atoms with van der Waals surface area (Å²) in [4.78, 5) is 13.3. The number of carbonyl (C=O) groups is 1. The maximum Gasteiger partial charge on any atom is 0.300 e. The molecule has 0 amide bonds. The van der Waals surface area contributed by atoms with Crippen LogP contribution in [0.25, 0.3) is 10.6 Å². The Morgan fingerprint density at radius 1 is 1.35 bits per heavy atom. The number of nitrogens with zero attached hydrogens (tertiary/aromatic N) is 1. The lowest BCUT2D eigenvalue weighted by Crippen LogP contribution is -2.02. The number of carboxylic acid groups (broad SMARTS) is 1. The van der Waals surface area contributed by atoms with Gasteiger partial charge in [0, 0.05) is 17.9 Å². The molecule has 0 unspecified atom stereocenters. The fourth-order valence-corrected chi connectivity index (χ4v) is 2.31. The first-order valence-electron chi connectivity index (χ1n) is 6.11. The summed E-state index contributed by atoms with van der Waals surface area (Å²) in [5.41, 5.74) is 8.55. The second-order valence-electron chi connectivity index (χ2n) is 4.06. The average molecular weight is 294 g/mol. The fourth-order valence-electron chi connectivity index (χ4n) is 1.49. The molecule has 2 rings (SSSR count).